The fraction of sp³-hybridized carbons (Fsp3) is 0.231. The predicted molar refractivity (Wildman–Crippen MR) is 143 cm³/mol. The van der Waals surface area contributed by atoms with Crippen LogP contribution in [0.1, 0.15) is 31.8 Å². The number of rotatable bonds is 10. The summed E-state index contributed by atoms with van der Waals surface area (Å²) >= 11 is 0. The molecule has 3 aromatic rings. The molecule has 0 fully saturated rings. The van der Waals surface area contributed by atoms with Gasteiger partial charge in [-0.3, -0.25) is 9.59 Å². The lowest BCUT2D eigenvalue weighted by Gasteiger charge is -2.13. The summed E-state index contributed by atoms with van der Waals surface area (Å²) in [4.78, 5) is 25.3. The first-order chi connectivity index (χ1) is 17.8. The van der Waals surface area contributed by atoms with E-state index in [0.717, 1.165) is 19.7 Å². The minimum Gasteiger partial charge on any atom is -0.348 e. The molecular formula is C26H30N4O6S2. The highest BCUT2D eigenvalue weighted by atomic mass is 32.2. The lowest BCUT2D eigenvalue weighted by molar-refractivity contribution is 0.0943. The Kier molecular flexibility index (Phi) is 9.05. The zero-order valence-corrected chi connectivity index (χ0v) is 23.1. The minimum absolute atomic E-state index is 0.0257. The fourth-order valence-corrected chi connectivity index (χ4v) is 5.33. The zero-order chi connectivity index (χ0) is 28.1. The number of nitrogens with zero attached hydrogens (tertiary/aromatic N) is 2. The van der Waals surface area contributed by atoms with E-state index in [9.17, 15) is 26.4 Å². The van der Waals surface area contributed by atoms with E-state index in [0.29, 0.717) is 0 Å². The Labute approximate surface area is 223 Å². The molecule has 0 aromatic heterocycles. The topological polar surface area (TPSA) is 133 Å². The summed E-state index contributed by atoms with van der Waals surface area (Å²) in [6, 6.07) is 18.9. The standard InChI is InChI=1S/C26H30N4O6S2/c1-29(2)37(33,34)23-12-6-10-21(15-23)25(31)27-17-19-8-5-9-20(14-19)18-28-26(32)22-11-7-13-24(16-22)38(35,36)30(3)4/h5-16H,17-18H2,1-4H3,(H,27,31)(H,28,32). The van der Waals surface area contributed by atoms with Crippen molar-refractivity contribution in [2.45, 2.75) is 22.9 Å². The summed E-state index contributed by atoms with van der Waals surface area (Å²) in [6.07, 6.45) is 0. The molecule has 10 nitrogen and oxygen atoms in total. The molecule has 0 saturated heterocycles. The summed E-state index contributed by atoms with van der Waals surface area (Å²) in [6.45, 7) is 0.380. The minimum atomic E-state index is -3.67. The van der Waals surface area contributed by atoms with Crippen molar-refractivity contribution >= 4 is 31.9 Å². The highest BCUT2D eigenvalue weighted by Gasteiger charge is 2.20. The Bertz CT molecular complexity index is 1440. The van der Waals surface area contributed by atoms with Crippen LogP contribution in [0, 0.1) is 0 Å². The third-order valence-electron chi connectivity index (χ3n) is 5.65. The fourth-order valence-electron chi connectivity index (χ4n) is 3.44. The second-order valence-corrected chi connectivity index (χ2v) is 13.1. The summed E-state index contributed by atoms with van der Waals surface area (Å²) in [7, 11) is -1.65. The highest BCUT2D eigenvalue weighted by Crippen LogP contribution is 2.16. The quantitative estimate of drug-likeness (QED) is 0.391. The molecule has 0 aliphatic rings. The number of sulfonamides is 2. The van der Waals surface area contributed by atoms with Crippen LogP contribution in [0.25, 0.3) is 0 Å². The van der Waals surface area contributed by atoms with Gasteiger partial charge in [-0.2, -0.15) is 0 Å². The van der Waals surface area contributed by atoms with Gasteiger partial charge < -0.3 is 10.6 Å². The Balaban J connectivity index is 1.63. The van der Waals surface area contributed by atoms with Gasteiger partial charge >= 0.3 is 0 Å². The van der Waals surface area contributed by atoms with Crippen LogP contribution in [-0.4, -0.2) is 65.5 Å². The largest absolute Gasteiger partial charge is 0.348 e. The number of benzene rings is 3. The van der Waals surface area contributed by atoms with Gasteiger partial charge in [0.2, 0.25) is 20.0 Å². The molecule has 2 N–H and O–H groups in total. The van der Waals surface area contributed by atoms with E-state index < -0.39 is 31.9 Å². The van der Waals surface area contributed by atoms with Crippen molar-refractivity contribution in [3.63, 3.8) is 0 Å². The van der Waals surface area contributed by atoms with Crippen LogP contribution in [0.15, 0.2) is 82.6 Å². The summed E-state index contributed by atoms with van der Waals surface area (Å²) in [5.41, 5.74) is 1.99. The van der Waals surface area contributed by atoms with E-state index >= 15 is 0 Å². The van der Waals surface area contributed by atoms with Crippen molar-refractivity contribution in [2.75, 3.05) is 28.2 Å². The maximum Gasteiger partial charge on any atom is 0.251 e. The van der Waals surface area contributed by atoms with Gasteiger partial charge in [0.25, 0.3) is 11.8 Å². The molecule has 0 radical (unpaired) electrons. The molecule has 2 amide bonds. The highest BCUT2D eigenvalue weighted by molar-refractivity contribution is 7.89. The molecule has 0 aliphatic heterocycles. The van der Waals surface area contributed by atoms with Crippen LogP contribution in [0.3, 0.4) is 0 Å². The Morgan fingerprint density at radius 2 is 0.974 bits per heavy atom. The van der Waals surface area contributed by atoms with Gasteiger partial charge in [0, 0.05) is 52.4 Å². The number of carbonyl (C=O) groups excluding carboxylic acids is 2. The van der Waals surface area contributed by atoms with Crippen molar-refractivity contribution in [3.05, 3.63) is 95.1 Å². The number of carbonyl (C=O) groups is 2. The zero-order valence-electron chi connectivity index (χ0n) is 21.5. The molecule has 0 spiro atoms. The number of amides is 2. The third kappa shape index (κ3) is 6.84. The normalized spacial score (nSPS) is 11.9. The monoisotopic (exact) mass is 558 g/mol. The Morgan fingerprint density at radius 3 is 1.34 bits per heavy atom. The first-order valence-corrected chi connectivity index (χ1v) is 14.4. The van der Waals surface area contributed by atoms with E-state index in [4.69, 9.17) is 0 Å². The van der Waals surface area contributed by atoms with E-state index in [1.165, 1.54) is 76.7 Å². The first kappa shape index (κ1) is 29.0. The van der Waals surface area contributed by atoms with Gasteiger partial charge in [0.1, 0.15) is 0 Å². The molecular weight excluding hydrogens is 528 g/mol. The van der Waals surface area contributed by atoms with Crippen LogP contribution in [-0.2, 0) is 33.1 Å². The van der Waals surface area contributed by atoms with Gasteiger partial charge in [-0.15, -0.1) is 0 Å². The molecule has 3 aromatic carbocycles. The van der Waals surface area contributed by atoms with Crippen molar-refractivity contribution in [2.24, 2.45) is 0 Å². The smallest absolute Gasteiger partial charge is 0.251 e. The molecule has 12 heteroatoms. The van der Waals surface area contributed by atoms with Crippen molar-refractivity contribution in [3.8, 4) is 0 Å². The van der Waals surface area contributed by atoms with Crippen LogP contribution in [0.2, 0.25) is 0 Å². The molecule has 0 bridgehead atoms. The molecule has 38 heavy (non-hydrogen) atoms. The van der Waals surface area contributed by atoms with E-state index in [1.807, 2.05) is 18.2 Å². The maximum absolute atomic E-state index is 12.6. The van der Waals surface area contributed by atoms with Gasteiger partial charge in [-0.25, -0.2) is 25.4 Å². The maximum atomic E-state index is 12.6. The van der Waals surface area contributed by atoms with Crippen LogP contribution >= 0.6 is 0 Å². The van der Waals surface area contributed by atoms with Gasteiger partial charge in [-0.05, 0) is 47.5 Å². The molecule has 0 saturated carbocycles. The number of nitrogens with one attached hydrogen (secondary N) is 2. The van der Waals surface area contributed by atoms with Gasteiger partial charge in [0.05, 0.1) is 9.79 Å². The first-order valence-electron chi connectivity index (χ1n) is 11.5. The van der Waals surface area contributed by atoms with Crippen LogP contribution in [0.4, 0.5) is 0 Å². The van der Waals surface area contributed by atoms with Crippen molar-refractivity contribution < 1.29 is 26.4 Å². The van der Waals surface area contributed by atoms with Gasteiger partial charge in [0.15, 0.2) is 0 Å². The molecule has 3 rings (SSSR count). The summed E-state index contributed by atoms with van der Waals surface area (Å²) in [5.74, 6) is -0.848. The third-order valence-corrected chi connectivity index (χ3v) is 9.27. The second-order valence-electron chi connectivity index (χ2n) is 8.82. The predicted octanol–water partition coefficient (Wildman–Crippen LogP) is 2.05. The summed E-state index contributed by atoms with van der Waals surface area (Å²) in [5, 5.41) is 5.55. The van der Waals surface area contributed by atoms with E-state index in [-0.39, 0.29) is 34.0 Å². The lowest BCUT2D eigenvalue weighted by Crippen LogP contribution is -2.25. The Hall–Kier alpha value is -3.58. The summed E-state index contributed by atoms with van der Waals surface area (Å²) < 4.78 is 51.5. The molecule has 202 valence electrons. The number of hydrogen-bond donors (Lipinski definition) is 2. The van der Waals surface area contributed by atoms with Crippen molar-refractivity contribution in [1.82, 2.24) is 19.2 Å². The molecule has 0 aliphatic carbocycles. The van der Waals surface area contributed by atoms with E-state index in [2.05, 4.69) is 10.6 Å². The average molecular weight is 559 g/mol. The number of hydrogen-bond acceptors (Lipinski definition) is 6. The molecule has 0 unspecified atom stereocenters. The van der Waals surface area contributed by atoms with Crippen LogP contribution < -0.4 is 10.6 Å². The van der Waals surface area contributed by atoms with Crippen LogP contribution in [0.5, 0.6) is 0 Å². The lowest BCUT2D eigenvalue weighted by atomic mass is 10.1. The van der Waals surface area contributed by atoms with E-state index in [1.54, 1.807) is 6.07 Å². The average Bonchev–Trinajstić information content (AvgIpc) is 2.90. The SMILES string of the molecule is CN(C)S(=O)(=O)c1cccc(C(=O)NCc2cccc(CNC(=O)c3cccc(S(=O)(=O)N(C)C)c3)c2)c1. The second kappa shape index (κ2) is 11.9. The van der Waals surface area contributed by atoms with Crippen molar-refractivity contribution in [1.29, 1.82) is 0 Å². The molecule has 0 atom stereocenters. The van der Waals surface area contributed by atoms with Gasteiger partial charge in [-0.1, -0.05) is 36.4 Å². The molecule has 0 heterocycles. The Morgan fingerprint density at radius 1 is 0.605 bits per heavy atom.